The number of benzene rings is 1. The minimum Gasteiger partial charge on any atom is -0.508 e. The molecule has 3 aliphatic carbocycles. The summed E-state index contributed by atoms with van der Waals surface area (Å²) in [4.78, 5) is 39.9. The van der Waals surface area contributed by atoms with Crippen molar-refractivity contribution in [1.29, 1.82) is 0 Å². The molecule has 10 heteroatoms. The van der Waals surface area contributed by atoms with E-state index in [0.29, 0.717) is 11.1 Å². The second-order valence-corrected chi connectivity index (χ2v) is 8.34. The topological polar surface area (TPSA) is 161 Å². The number of halogens is 1. The molecule has 0 spiro atoms. The zero-order valence-electron chi connectivity index (χ0n) is 17.3. The van der Waals surface area contributed by atoms with Crippen LogP contribution in [0.4, 0.5) is 0 Å². The summed E-state index contributed by atoms with van der Waals surface area (Å²) >= 11 is 0. The number of aromatic hydroxyl groups is 1. The van der Waals surface area contributed by atoms with Crippen LogP contribution in [-0.4, -0.2) is 68.5 Å². The highest BCUT2D eigenvalue weighted by molar-refractivity contribution is 6.25. The first-order valence-corrected chi connectivity index (χ1v) is 9.60. The molecule has 0 bridgehead atoms. The molecule has 1 fully saturated rings. The lowest BCUT2D eigenvalue weighted by atomic mass is 9.56. The Kier molecular flexibility index (Phi) is 5.49. The number of likely N-dealkylation sites (N-methyl/N-ethyl adjacent to an activating group) is 1. The van der Waals surface area contributed by atoms with Crippen LogP contribution in [0.5, 0.6) is 5.75 Å². The van der Waals surface area contributed by atoms with E-state index in [9.17, 15) is 34.8 Å². The number of carbonyl (C=O) groups excluding carboxylic acids is 3. The minimum absolute atomic E-state index is 0. The lowest BCUT2D eigenvalue weighted by Gasteiger charge is -2.50. The molecule has 32 heavy (non-hydrogen) atoms. The highest BCUT2D eigenvalue weighted by Gasteiger charge is 2.64. The van der Waals surface area contributed by atoms with Crippen LogP contribution in [0.2, 0.25) is 0 Å². The molecule has 0 radical (unpaired) electrons. The van der Waals surface area contributed by atoms with Gasteiger partial charge in [0.2, 0.25) is 5.78 Å². The summed E-state index contributed by atoms with van der Waals surface area (Å²) in [6.07, 6.45) is -0.0275. The lowest BCUT2D eigenvalue weighted by Crippen LogP contribution is -2.65. The maximum atomic E-state index is 13.6. The van der Waals surface area contributed by atoms with Crippen LogP contribution in [0.3, 0.4) is 0 Å². The molecule has 0 saturated heterocycles. The van der Waals surface area contributed by atoms with Gasteiger partial charge in [-0.2, -0.15) is 0 Å². The predicted molar refractivity (Wildman–Crippen MR) is 117 cm³/mol. The first-order valence-electron chi connectivity index (χ1n) is 9.60. The number of phenols is 1. The Hall–Kier alpha value is -3.14. The highest BCUT2D eigenvalue weighted by atomic mass is 35.5. The van der Waals surface area contributed by atoms with Crippen molar-refractivity contribution in [3.63, 3.8) is 0 Å². The minimum atomic E-state index is -2.66. The van der Waals surface area contributed by atoms with E-state index in [1.54, 1.807) is 26.2 Å². The van der Waals surface area contributed by atoms with E-state index in [1.165, 1.54) is 11.0 Å². The molecule has 0 aromatic heterocycles. The molecule has 170 valence electrons. The quantitative estimate of drug-likeness (QED) is 0.404. The molecule has 1 aromatic carbocycles. The number of nitrogens with zero attached hydrogens (tertiary/aromatic N) is 1. The smallest absolute Gasteiger partial charge is 0.255 e. The fourth-order valence-corrected chi connectivity index (χ4v) is 5.15. The van der Waals surface area contributed by atoms with Crippen LogP contribution in [0.25, 0.3) is 11.3 Å². The molecule has 4 rings (SSSR count). The van der Waals surface area contributed by atoms with Crippen LogP contribution >= 0.6 is 12.4 Å². The van der Waals surface area contributed by atoms with Crippen LogP contribution in [0.1, 0.15) is 17.5 Å². The van der Waals surface area contributed by atoms with Crippen LogP contribution in [0, 0.1) is 11.8 Å². The number of Topliss-reactive ketones (excluding diaryl/α,β-unsaturated/α-hetero) is 2. The highest BCUT2D eigenvalue weighted by Crippen LogP contribution is 2.55. The second-order valence-electron chi connectivity index (χ2n) is 8.34. The monoisotopic (exact) mass is 462 g/mol. The summed E-state index contributed by atoms with van der Waals surface area (Å²) in [5, 5.41) is 43.3. The molecule has 9 nitrogen and oxygen atoms in total. The SMILES string of the molecule is C=C1c2cccc(O)c2C(O)=C2C(=O)[C@@]3(O)C(O)=C(C(N)=O)C(=O)[C@H](N(C)C)[C@@H]3C[C@@H]12.Cl. The lowest BCUT2D eigenvalue weighted by molar-refractivity contribution is -0.152. The van der Waals surface area contributed by atoms with Gasteiger partial charge in [0.1, 0.15) is 22.8 Å². The van der Waals surface area contributed by atoms with Crippen molar-refractivity contribution in [3.8, 4) is 5.75 Å². The van der Waals surface area contributed by atoms with Gasteiger partial charge in [-0.05, 0) is 37.7 Å². The average molecular weight is 463 g/mol. The number of phenolic OH excluding ortho intramolecular Hbond substituents is 1. The van der Waals surface area contributed by atoms with Gasteiger partial charge >= 0.3 is 0 Å². The normalized spacial score (nSPS) is 29.4. The zero-order valence-corrected chi connectivity index (χ0v) is 18.1. The van der Waals surface area contributed by atoms with Crippen molar-refractivity contribution in [3.05, 3.63) is 52.8 Å². The number of ketones is 2. The third kappa shape index (κ3) is 2.75. The summed E-state index contributed by atoms with van der Waals surface area (Å²) in [7, 11) is 3.08. The van der Waals surface area contributed by atoms with Crippen molar-refractivity contribution >= 4 is 41.2 Å². The number of aliphatic hydroxyl groups is 3. The van der Waals surface area contributed by atoms with E-state index in [4.69, 9.17) is 5.73 Å². The van der Waals surface area contributed by atoms with Crippen LogP contribution in [0.15, 0.2) is 41.7 Å². The molecule has 4 atom stereocenters. The van der Waals surface area contributed by atoms with Gasteiger partial charge < -0.3 is 26.2 Å². The molecular weight excluding hydrogens is 440 g/mol. The summed E-state index contributed by atoms with van der Waals surface area (Å²) < 4.78 is 0. The molecule has 1 amide bonds. The standard InChI is InChI=1S/C22H22N2O7.ClH/c1-8-9-5-4-6-12(25)13(9)17(26)14-10(8)7-11-16(24(2)3)18(27)15(21(23)30)20(29)22(11,31)19(14)28;/h4-6,10-11,16,25-26,29,31H,1,7H2,2-3H3,(H2,23,30);1H/t10-,11-,16+,22+;/m0./s1. The molecule has 1 saturated carbocycles. The van der Waals surface area contributed by atoms with Gasteiger partial charge in [0.05, 0.1) is 11.6 Å². The molecular formula is C22H23ClN2O7. The number of primary amides is 1. The Morgan fingerprint density at radius 3 is 2.41 bits per heavy atom. The van der Waals surface area contributed by atoms with Gasteiger partial charge in [-0.15, -0.1) is 12.4 Å². The maximum Gasteiger partial charge on any atom is 0.255 e. The molecule has 3 aliphatic rings. The molecule has 0 aliphatic heterocycles. The van der Waals surface area contributed by atoms with E-state index in [2.05, 4.69) is 6.58 Å². The maximum absolute atomic E-state index is 13.6. The van der Waals surface area contributed by atoms with E-state index in [0.717, 1.165) is 0 Å². The second kappa shape index (κ2) is 7.47. The number of nitrogens with two attached hydrogens (primary N) is 1. The number of aliphatic hydroxyl groups excluding tert-OH is 2. The van der Waals surface area contributed by atoms with Gasteiger partial charge in [-0.3, -0.25) is 19.3 Å². The summed E-state index contributed by atoms with van der Waals surface area (Å²) in [5.74, 6) is -7.00. The Morgan fingerprint density at radius 1 is 1.22 bits per heavy atom. The number of allylic oxidation sites excluding steroid dienone is 1. The van der Waals surface area contributed by atoms with Crippen LogP contribution < -0.4 is 5.73 Å². The van der Waals surface area contributed by atoms with Crippen molar-refractivity contribution in [2.24, 2.45) is 17.6 Å². The third-order valence-electron chi connectivity index (χ3n) is 6.56. The Bertz CT molecular complexity index is 1150. The Balaban J connectivity index is 0.00000289. The Labute approximate surface area is 189 Å². The van der Waals surface area contributed by atoms with E-state index in [-0.39, 0.29) is 35.7 Å². The first kappa shape index (κ1) is 23.5. The number of rotatable bonds is 2. The van der Waals surface area contributed by atoms with Gasteiger partial charge in [-0.25, -0.2) is 0 Å². The van der Waals surface area contributed by atoms with Crippen molar-refractivity contribution < 1.29 is 34.8 Å². The number of amides is 1. The average Bonchev–Trinajstić information content (AvgIpc) is 2.68. The number of hydrogen-bond acceptors (Lipinski definition) is 8. The van der Waals surface area contributed by atoms with Gasteiger partial charge in [0.25, 0.3) is 5.91 Å². The first-order chi connectivity index (χ1) is 14.4. The van der Waals surface area contributed by atoms with Gasteiger partial charge in [0, 0.05) is 17.4 Å². The zero-order chi connectivity index (χ0) is 23.0. The molecule has 1 aromatic rings. The molecule has 6 N–H and O–H groups in total. The molecule has 0 unspecified atom stereocenters. The van der Waals surface area contributed by atoms with E-state index < -0.39 is 58.0 Å². The fraction of sp³-hybridized carbons (Fsp3) is 0.318. The van der Waals surface area contributed by atoms with Crippen molar-refractivity contribution in [2.75, 3.05) is 14.1 Å². The fourth-order valence-electron chi connectivity index (χ4n) is 5.15. The summed E-state index contributed by atoms with van der Waals surface area (Å²) in [6.45, 7) is 4.02. The van der Waals surface area contributed by atoms with Crippen molar-refractivity contribution in [1.82, 2.24) is 4.90 Å². The molecule has 0 heterocycles. The number of fused-ring (bicyclic) bond motifs is 3. The summed E-state index contributed by atoms with van der Waals surface area (Å²) in [5.41, 5.74) is 2.37. The van der Waals surface area contributed by atoms with Crippen molar-refractivity contribution in [2.45, 2.75) is 18.1 Å². The van der Waals surface area contributed by atoms with E-state index >= 15 is 0 Å². The largest absolute Gasteiger partial charge is 0.508 e. The number of hydrogen-bond donors (Lipinski definition) is 5. The Morgan fingerprint density at radius 2 is 1.84 bits per heavy atom. The van der Waals surface area contributed by atoms with E-state index in [1.807, 2.05) is 0 Å². The van der Waals surface area contributed by atoms with Gasteiger partial charge in [0.15, 0.2) is 11.4 Å². The summed E-state index contributed by atoms with van der Waals surface area (Å²) in [6, 6.07) is 3.40. The van der Waals surface area contributed by atoms with Gasteiger partial charge in [-0.1, -0.05) is 18.7 Å². The van der Waals surface area contributed by atoms with Crippen LogP contribution in [-0.2, 0) is 14.4 Å². The third-order valence-corrected chi connectivity index (χ3v) is 6.56. The predicted octanol–water partition coefficient (Wildman–Crippen LogP) is 0.856. The number of carbonyl (C=O) groups is 3.